The van der Waals surface area contributed by atoms with Gasteiger partial charge < -0.3 is 31.1 Å². The molecule has 8 rings (SSSR count). The van der Waals surface area contributed by atoms with Crippen molar-refractivity contribution < 1.29 is 28.8 Å². The fourth-order valence-corrected chi connectivity index (χ4v) is 9.15. The van der Waals surface area contributed by atoms with Crippen LogP contribution in [0.1, 0.15) is 55.3 Å². The number of likely N-dealkylation sites (tertiary alicyclic amines) is 2. The van der Waals surface area contributed by atoms with Gasteiger partial charge in [0.25, 0.3) is 11.8 Å². The molecule has 4 N–H and O–H groups in total. The topological polar surface area (TPSA) is 157 Å². The highest BCUT2D eigenvalue weighted by Crippen LogP contribution is 2.41. The number of nitrogens with zero attached hydrogens (tertiary/aromatic N) is 2. The molecule has 5 aromatic carbocycles. The van der Waals surface area contributed by atoms with Crippen LogP contribution in [0.2, 0.25) is 0 Å². The zero-order valence-corrected chi connectivity index (χ0v) is 36.4. The van der Waals surface area contributed by atoms with E-state index in [4.69, 9.17) is 0 Å². The van der Waals surface area contributed by atoms with Gasteiger partial charge in [0.05, 0.1) is 23.7 Å². The molecule has 3 aliphatic rings. The van der Waals surface area contributed by atoms with Crippen LogP contribution in [0.4, 0.5) is 0 Å². The van der Waals surface area contributed by atoms with Gasteiger partial charge >= 0.3 is 0 Å². The van der Waals surface area contributed by atoms with Gasteiger partial charge in [0.15, 0.2) is 0 Å². The molecule has 2 aliphatic heterocycles. The van der Waals surface area contributed by atoms with Crippen molar-refractivity contribution in [2.24, 2.45) is 23.7 Å². The molecule has 334 valence electrons. The molecule has 2 saturated heterocycles. The Labute approximate surface area is 380 Å². The lowest BCUT2D eigenvalue weighted by Gasteiger charge is -2.18. The highest BCUT2D eigenvalue weighted by molar-refractivity contribution is 6.00. The normalized spacial score (nSPS) is 21.0. The predicted octanol–water partition coefficient (Wildman–Crippen LogP) is 4.81. The van der Waals surface area contributed by atoms with Crippen molar-refractivity contribution >= 4 is 35.4 Å². The number of carbonyl (C=O) groups excluding carboxylic acids is 6. The van der Waals surface area contributed by atoms with Gasteiger partial charge in [0.1, 0.15) is 0 Å². The molecular weight excluding hydrogens is 817 g/mol. The van der Waals surface area contributed by atoms with Crippen LogP contribution in [-0.4, -0.2) is 97.1 Å². The van der Waals surface area contributed by atoms with Crippen molar-refractivity contribution in [2.75, 3.05) is 45.8 Å². The van der Waals surface area contributed by atoms with Gasteiger partial charge in [0, 0.05) is 68.9 Å². The number of benzene rings is 5. The van der Waals surface area contributed by atoms with Crippen LogP contribution >= 0.6 is 0 Å². The Morgan fingerprint density at radius 1 is 0.415 bits per heavy atom. The van der Waals surface area contributed by atoms with E-state index in [1.54, 1.807) is 29.2 Å². The van der Waals surface area contributed by atoms with E-state index in [1.165, 1.54) is 4.90 Å². The molecule has 5 aromatic rings. The third kappa shape index (κ3) is 11.4. The maximum atomic E-state index is 14.1. The molecular formula is C53H56N6O6. The Morgan fingerprint density at radius 3 is 1.09 bits per heavy atom. The van der Waals surface area contributed by atoms with Crippen molar-refractivity contribution in [2.45, 2.75) is 37.6 Å². The van der Waals surface area contributed by atoms with Crippen molar-refractivity contribution in [1.29, 1.82) is 0 Å². The SMILES string of the molecule is O=C(NCCc1ccccc1)[C@H]1CN(C(=O)c2ccc(C(=O)N3C[C@H](C(=O)NCCc4ccccc4)[C@@H](C(=O)NC4CC4c4ccccc4)C3)cc2)C[C@@H]1C(=O)NCCc1ccccc1. The number of carbonyl (C=O) groups is 6. The predicted molar refractivity (Wildman–Crippen MR) is 247 cm³/mol. The van der Waals surface area contributed by atoms with Crippen molar-refractivity contribution in [1.82, 2.24) is 31.1 Å². The fraction of sp³-hybridized carbons (Fsp3) is 0.321. The van der Waals surface area contributed by atoms with Gasteiger partial charge in [-0.2, -0.15) is 0 Å². The minimum Gasteiger partial charge on any atom is -0.355 e. The average Bonchev–Trinajstić information content (AvgIpc) is 3.72. The smallest absolute Gasteiger partial charge is 0.253 e. The van der Waals surface area contributed by atoms with Gasteiger partial charge in [-0.05, 0) is 72.2 Å². The number of hydrogen-bond acceptors (Lipinski definition) is 6. The van der Waals surface area contributed by atoms with Crippen LogP contribution in [0.25, 0.3) is 0 Å². The zero-order chi connectivity index (χ0) is 45.1. The molecule has 3 fully saturated rings. The van der Waals surface area contributed by atoms with Gasteiger partial charge in [-0.3, -0.25) is 28.8 Å². The van der Waals surface area contributed by atoms with E-state index in [9.17, 15) is 28.8 Å². The average molecular weight is 873 g/mol. The molecule has 6 atom stereocenters. The minimum absolute atomic E-state index is 0.0364. The Balaban J connectivity index is 0.911. The Bertz CT molecular complexity index is 2370. The van der Waals surface area contributed by atoms with Crippen LogP contribution in [-0.2, 0) is 38.4 Å². The summed E-state index contributed by atoms with van der Waals surface area (Å²) in [6.45, 7) is 1.44. The number of amides is 6. The summed E-state index contributed by atoms with van der Waals surface area (Å²) in [5, 5.41) is 12.2. The highest BCUT2D eigenvalue weighted by Gasteiger charge is 2.47. The lowest BCUT2D eigenvalue weighted by Crippen LogP contribution is -2.42. The molecule has 65 heavy (non-hydrogen) atoms. The van der Waals surface area contributed by atoms with Crippen molar-refractivity contribution in [3.8, 4) is 0 Å². The minimum atomic E-state index is -0.750. The molecule has 1 saturated carbocycles. The van der Waals surface area contributed by atoms with Crippen molar-refractivity contribution in [3.05, 3.63) is 179 Å². The maximum absolute atomic E-state index is 14.1. The molecule has 12 nitrogen and oxygen atoms in total. The molecule has 0 bridgehead atoms. The Morgan fingerprint density at radius 2 is 0.738 bits per heavy atom. The molecule has 6 amide bonds. The highest BCUT2D eigenvalue weighted by atomic mass is 16.2. The molecule has 2 unspecified atom stereocenters. The first-order chi connectivity index (χ1) is 31.7. The summed E-state index contributed by atoms with van der Waals surface area (Å²) in [6, 6.07) is 45.7. The van der Waals surface area contributed by atoms with Crippen molar-refractivity contribution in [3.63, 3.8) is 0 Å². The molecule has 0 radical (unpaired) electrons. The molecule has 0 spiro atoms. The van der Waals surface area contributed by atoms with Gasteiger partial charge in [-0.1, -0.05) is 121 Å². The summed E-state index contributed by atoms with van der Waals surface area (Å²) < 4.78 is 0. The van der Waals surface area contributed by atoms with Crippen LogP contribution in [0.5, 0.6) is 0 Å². The first-order valence-corrected chi connectivity index (χ1v) is 22.7. The first kappa shape index (κ1) is 44.5. The lowest BCUT2D eigenvalue weighted by atomic mass is 9.94. The molecule has 12 heteroatoms. The summed E-state index contributed by atoms with van der Waals surface area (Å²) in [5.74, 6) is -4.57. The van der Waals surface area contributed by atoms with E-state index in [2.05, 4.69) is 33.4 Å². The van der Waals surface area contributed by atoms with Gasteiger partial charge in [-0.15, -0.1) is 0 Å². The second-order valence-corrected chi connectivity index (χ2v) is 17.4. The second kappa shape index (κ2) is 21.1. The van der Waals surface area contributed by atoms with E-state index < -0.39 is 23.7 Å². The Hall–Kier alpha value is -7.08. The maximum Gasteiger partial charge on any atom is 0.253 e. The monoisotopic (exact) mass is 872 g/mol. The summed E-state index contributed by atoms with van der Waals surface area (Å²) in [6.07, 6.45) is 2.70. The number of hydrogen-bond donors (Lipinski definition) is 4. The second-order valence-electron chi connectivity index (χ2n) is 17.4. The molecule has 2 heterocycles. The summed E-state index contributed by atoms with van der Waals surface area (Å²) >= 11 is 0. The van der Waals surface area contributed by atoms with Crippen LogP contribution in [0, 0.1) is 23.7 Å². The number of nitrogens with one attached hydrogen (secondary N) is 4. The van der Waals surface area contributed by atoms with Gasteiger partial charge in [0.2, 0.25) is 23.6 Å². The zero-order valence-electron chi connectivity index (χ0n) is 36.4. The molecule has 0 aromatic heterocycles. The standard InChI is InChI=1S/C53H56N6O6/c60-48(54-28-25-36-13-5-1-6-14-36)43-32-58(33-44(43)49(61)55-29-26-37-15-7-2-8-16-37)52(64)40-21-23-41(24-22-40)53(65)59-34-45(50(62)56-30-27-38-17-9-3-10-18-38)46(35-59)51(63)57-47-31-42(47)39-19-11-4-12-20-39/h1-24,42-47H,25-35H2,(H,54,60)(H,55,61)(H,56,62)(H,57,63)/t42?,43-,44-,45-,46-,47?/m0/s1. The lowest BCUT2D eigenvalue weighted by molar-refractivity contribution is -0.133. The van der Waals surface area contributed by atoms with E-state index in [1.807, 2.05) is 109 Å². The summed E-state index contributed by atoms with van der Waals surface area (Å²) in [5.41, 5.74) is 5.01. The third-order valence-electron chi connectivity index (χ3n) is 13.0. The van der Waals surface area contributed by atoms with Crippen LogP contribution < -0.4 is 21.3 Å². The van der Waals surface area contributed by atoms with E-state index in [0.717, 1.165) is 28.7 Å². The van der Waals surface area contributed by atoms with Crippen LogP contribution in [0.3, 0.4) is 0 Å². The summed E-state index contributed by atoms with van der Waals surface area (Å²) in [4.78, 5) is 86.0. The van der Waals surface area contributed by atoms with E-state index in [0.29, 0.717) is 50.0 Å². The fourth-order valence-electron chi connectivity index (χ4n) is 9.15. The first-order valence-electron chi connectivity index (χ1n) is 22.7. The third-order valence-corrected chi connectivity index (χ3v) is 13.0. The van der Waals surface area contributed by atoms with Crippen LogP contribution in [0.15, 0.2) is 146 Å². The molecule has 1 aliphatic carbocycles. The van der Waals surface area contributed by atoms with E-state index in [-0.39, 0.29) is 73.6 Å². The Kier molecular flexibility index (Phi) is 14.4. The quantitative estimate of drug-likeness (QED) is 0.105. The largest absolute Gasteiger partial charge is 0.355 e. The van der Waals surface area contributed by atoms with E-state index >= 15 is 0 Å². The number of rotatable bonds is 17. The van der Waals surface area contributed by atoms with Gasteiger partial charge in [-0.25, -0.2) is 0 Å². The summed E-state index contributed by atoms with van der Waals surface area (Å²) in [7, 11) is 0.